The maximum atomic E-state index is 11.9. The Balaban J connectivity index is 2.22. The first-order valence-electron chi connectivity index (χ1n) is 5.08. The van der Waals surface area contributed by atoms with E-state index in [4.69, 9.17) is 0 Å². The molecule has 0 spiro atoms. The van der Waals surface area contributed by atoms with Gasteiger partial charge in [0.05, 0.1) is 6.54 Å². The normalized spacial score (nSPS) is 21.1. The molecule has 1 aromatic rings. The van der Waals surface area contributed by atoms with Crippen molar-refractivity contribution in [2.24, 2.45) is 0 Å². The van der Waals surface area contributed by atoms with Crippen molar-refractivity contribution >= 4 is 38.5 Å². The van der Waals surface area contributed by atoms with Crippen LogP contribution in [-0.4, -0.2) is 23.4 Å². The minimum atomic E-state index is -3.48. The van der Waals surface area contributed by atoms with Crippen molar-refractivity contribution in [3.63, 3.8) is 0 Å². The van der Waals surface area contributed by atoms with Crippen LogP contribution in [0.15, 0.2) is 24.3 Å². The molecule has 1 fully saturated rings. The number of hydrogen-bond acceptors (Lipinski definition) is 3. The van der Waals surface area contributed by atoms with Gasteiger partial charge >= 0.3 is 0 Å². The third-order valence-electron chi connectivity index (χ3n) is 2.92. The maximum absolute atomic E-state index is 11.9. The molecule has 0 saturated carbocycles. The number of carbonyl (C=O) groups is 1. The molecule has 17 heavy (non-hydrogen) atoms. The second-order valence-electron chi connectivity index (χ2n) is 4.45. The highest BCUT2D eigenvalue weighted by atomic mass is 127. The molecular formula is C11H12INO3S. The third-order valence-corrected chi connectivity index (χ3v) is 5.97. The molecule has 0 unspecified atom stereocenters. The van der Waals surface area contributed by atoms with Gasteiger partial charge in [-0.05, 0) is 54.1 Å². The van der Waals surface area contributed by atoms with Gasteiger partial charge in [-0.1, -0.05) is 12.1 Å². The maximum Gasteiger partial charge on any atom is 0.259 e. The molecule has 0 radical (unpaired) electrons. The lowest BCUT2D eigenvalue weighted by Gasteiger charge is -2.43. The minimum Gasteiger partial charge on any atom is -0.272 e. The summed E-state index contributed by atoms with van der Waals surface area (Å²) in [7, 11) is -3.48. The van der Waals surface area contributed by atoms with E-state index in [0.29, 0.717) is 0 Å². The van der Waals surface area contributed by atoms with E-state index in [1.54, 1.807) is 0 Å². The molecule has 2 rings (SSSR count). The van der Waals surface area contributed by atoms with Crippen LogP contribution in [0.5, 0.6) is 0 Å². The second-order valence-corrected chi connectivity index (χ2v) is 8.11. The van der Waals surface area contributed by atoms with Gasteiger partial charge in [0.2, 0.25) is 0 Å². The molecule has 0 aliphatic carbocycles. The standard InChI is InChI=1S/C11H12INO3S/c1-11(2)10(14)13(17(11,15)16)7-8-3-5-9(12)6-4-8/h3-6H,7H2,1-2H3. The molecular weight excluding hydrogens is 353 g/mol. The van der Waals surface area contributed by atoms with E-state index in [-0.39, 0.29) is 12.5 Å². The quantitative estimate of drug-likeness (QED) is 0.751. The fraction of sp³-hybridized carbons (Fsp3) is 0.364. The van der Waals surface area contributed by atoms with Crippen LogP contribution in [-0.2, 0) is 21.4 Å². The topological polar surface area (TPSA) is 54.5 Å². The van der Waals surface area contributed by atoms with Gasteiger partial charge in [-0.2, -0.15) is 0 Å². The number of hydrogen-bond donors (Lipinski definition) is 0. The number of sulfonamides is 1. The number of amides is 1. The molecule has 1 aliphatic heterocycles. The Bertz CT molecular complexity index is 563. The van der Waals surface area contributed by atoms with E-state index < -0.39 is 14.8 Å². The Morgan fingerprint density at radius 3 is 2.24 bits per heavy atom. The van der Waals surface area contributed by atoms with E-state index in [0.717, 1.165) is 13.4 Å². The van der Waals surface area contributed by atoms with Crippen molar-refractivity contribution in [2.75, 3.05) is 0 Å². The molecule has 92 valence electrons. The van der Waals surface area contributed by atoms with Crippen molar-refractivity contribution in [3.05, 3.63) is 33.4 Å². The van der Waals surface area contributed by atoms with Crippen molar-refractivity contribution in [1.29, 1.82) is 0 Å². The van der Waals surface area contributed by atoms with Gasteiger partial charge in [0.1, 0.15) is 0 Å². The van der Waals surface area contributed by atoms with E-state index in [1.165, 1.54) is 13.8 Å². The first kappa shape index (κ1) is 12.8. The highest BCUT2D eigenvalue weighted by Crippen LogP contribution is 2.35. The second kappa shape index (κ2) is 3.94. The Morgan fingerprint density at radius 2 is 1.76 bits per heavy atom. The minimum absolute atomic E-state index is 0.127. The molecule has 1 amide bonds. The zero-order chi connectivity index (χ0) is 12.8. The number of carbonyl (C=O) groups excluding carboxylic acids is 1. The molecule has 1 heterocycles. The fourth-order valence-corrected chi connectivity index (χ4v) is 3.54. The zero-order valence-electron chi connectivity index (χ0n) is 9.47. The van der Waals surface area contributed by atoms with Crippen LogP contribution >= 0.6 is 22.6 Å². The largest absolute Gasteiger partial charge is 0.272 e. The van der Waals surface area contributed by atoms with Crippen LogP contribution in [0.1, 0.15) is 19.4 Å². The summed E-state index contributed by atoms with van der Waals surface area (Å²) >= 11 is 2.17. The summed E-state index contributed by atoms with van der Waals surface area (Å²) in [6.07, 6.45) is 0. The van der Waals surface area contributed by atoms with E-state index >= 15 is 0 Å². The van der Waals surface area contributed by atoms with Crippen LogP contribution in [0.2, 0.25) is 0 Å². The SMILES string of the molecule is CC1(C)C(=O)N(Cc2ccc(I)cc2)S1(=O)=O. The summed E-state index contributed by atoms with van der Waals surface area (Å²) in [6.45, 7) is 3.01. The Kier molecular flexibility index (Phi) is 2.97. The van der Waals surface area contributed by atoms with Crippen LogP contribution in [0, 0.1) is 3.57 Å². The van der Waals surface area contributed by atoms with Gasteiger partial charge in [0.25, 0.3) is 15.9 Å². The van der Waals surface area contributed by atoms with Crippen LogP contribution < -0.4 is 0 Å². The van der Waals surface area contributed by atoms with Gasteiger partial charge in [0, 0.05) is 3.57 Å². The van der Waals surface area contributed by atoms with E-state index in [1.807, 2.05) is 24.3 Å². The summed E-state index contributed by atoms with van der Waals surface area (Å²) < 4.78 is 24.5. The summed E-state index contributed by atoms with van der Waals surface area (Å²) in [5, 5.41) is 0. The highest BCUT2D eigenvalue weighted by molar-refractivity contribution is 14.1. The smallest absolute Gasteiger partial charge is 0.259 e. The van der Waals surface area contributed by atoms with Crippen molar-refractivity contribution in [1.82, 2.24) is 4.31 Å². The number of nitrogens with zero attached hydrogens (tertiary/aromatic N) is 1. The summed E-state index contributed by atoms with van der Waals surface area (Å²) in [4.78, 5) is 11.7. The van der Waals surface area contributed by atoms with Crippen LogP contribution in [0.25, 0.3) is 0 Å². The molecule has 0 aromatic heterocycles. The lowest BCUT2D eigenvalue weighted by Crippen LogP contribution is -2.66. The third kappa shape index (κ3) is 1.87. The summed E-state index contributed by atoms with van der Waals surface area (Å²) in [6, 6.07) is 7.43. The average molecular weight is 365 g/mol. The molecule has 1 aromatic carbocycles. The predicted molar refractivity (Wildman–Crippen MR) is 72.7 cm³/mol. The molecule has 0 atom stereocenters. The Morgan fingerprint density at radius 1 is 1.24 bits per heavy atom. The average Bonchev–Trinajstić information content (AvgIpc) is 2.27. The van der Waals surface area contributed by atoms with Gasteiger partial charge in [-0.25, -0.2) is 12.7 Å². The lowest BCUT2D eigenvalue weighted by atomic mass is 10.1. The summed E-state index contributed by atoms with van der Waals surface area (Å²) in [5.74, 6) is -0.337. The van der Waals surface area contributed by atoms with Crippen molar-refractivity contribution < 1.29 is 13.2 Å². The van der Waals surface area contributed by atoms with Crippen molar-refractivity contribution in [2.45, 2.75) is 25.1 Å². The molecule has 0 bridgehead atoms. The summed E-state index contributed by atoms with van der Waals surface area (Å²) in [5.41, 5.74) is 0.817. The molecule has 1 aliphatic rings. The Labute approximate surface area is 114 Å². The lowest BCUT2D eigenvalue weighted by molar-refractivity contribution is -0.132. The predicted octanol–water partition coefficient (Wildman–Crippen LogP) is 1.74. The van der Waals surface area contributed by atoms with Gasteiger partial charge in [0.15, 0.2) is 4.75 Å². The number of benzene rings is 1. The molecule has 0 N–H and O–H groups in total. The van der Waals surface area contributed by atoms with Crippen LogP contribution in [0.3, 0.4) is 0 Å². The van der Waals surface area contributed by atoms with Crippen molar-refractivity contribution in [3.8, 4) is 0 Å². The zero-order valence-corrected chi connectivity index (χ0v) is 12.4. The monoisotopic (exact) mass is 365 g/mol. The number of halogens is 1. The van der Waals surface area contributed by atoms with E-state index in [2.05, 4.69) is 22.6 Å². The molecule has 1 saturated heterocycles. The van der Waals surface area contributed by atoms with Gasteiger partial charge in [-0.3, -0.25) is 4.79 Å². The van der Waals surface area contributed by atoms with Gasteiger partial charge < -0.3 is 0 Å². The van der Waals surface area contributed by atoms with Gasteiger partial charge in [-0.15, -0.1) is 0 Å². The van der Waals surface area contributed by atoms with Crippen LogP contribution in [0.4, 0.5) is 0 Å². The molecule has 6 heteroatoms. The Hall–Kier alpha value is -0.630. The highest BCUT2D eigenvalue weighted by Gasteiger charge is 2.59. The van der Waals surface area contributed by atoms with E-state index in [9.17, 15) is 13.2 Å². The first-order chi connectivity index (χ1) is 7.76. The first-order valence-corrected chi connectivity index (χ1v) is 7.60. The fourth-order valence-electron chi connectivity index (χ4n) is 1.67. The molecule has 4 nitrogen and oxygen atoms in total. The number of rotatable bonds is 2.